The number of halogens is 1. The van der Waals surface area contributed by atoms with Crippen LogP contribution in [0.4, 0.5) is 4.39 Å². The Morgan fingerprint density at radius 1 is 1.10 bits per heavy atom. The Labute approximate surface area is 170 Å². The van der Waals surface area contributed by atoms with Crippen LogP contribution in [-0.2, 0) is 26.2 Å². The molecule has 0 aliphatic heterocycles. The number of nitrogens with zero attached hydrogens (tertiary/aromatic N) is 1. The maximum atomic E-state index is 13.0. The molecule has 3 rings (SSSR count). The highest BCUT2D eigenvalue weighted by molar-refractivity contribution is 7.87. The van der Waals surface area contributed by atoms with E-state index in [0.717, 1.165) is 49.1 Å². The molecule has 0 heterocycles. The highest BCUT2D eigenvalue weighted by atomic mass is 32.2. The van der Waals surface area contributed by atoms with Gasteiger partial charge in [-0.3, -0.25) is 4.79 Å². The van der Waals surface area contributed by atoms with Crippen molar-refractivity contribution in [2.75, 3.05) is 20.3 Å². The lowest BCUT2D eigenvalue weighted by atomic mass is 9.84. The van der Waals surface area contributed by atoms with Gasteiger partial charge in [-0.15, -0.1) is 0 Å². The van der Waals surface area contributed by atoms with Crippen molar-refractivity contribution in [1.82, 2.24) is 4.90 Å². The summed E-state index contributed by atoms with van der Waals surface area (Å²) in [6, 6.07) is 11.0. The van der Waals surface area contributed by atoms with E-state index in [2.05, 4.69) is 0 Å². The summed E-state index contributed by atoms with van der Waals surface area (Å²) in [5.41, 5.74) is 0.861. The molecule has 1 saturated carbocycles. The Hall–Kier alpha value is -2.45. The maximum absolute atomic E-state index is 13.0. The molecule has 8 heteroatoms. The molecule has 0 N–H and O–H groups in total. The zero-order valence-electron chi connectivity index (χ0n) is 16.2. The monoisotopic (exact) mass is 421 g/mol. The minimum atomic E-state index is -4.05. The highest BCUT2D eigenvalue weighted by Gasteiger charge is 2.29. The van der Waals surface area contributed by atoms with Crippen molar-refractivity contribution >= 4 is 16.0 Å². The van der Waals surface area contributed by atoms with Gasteiger partial charge < -0.3 is 13.8 Å². The third kappa shape index (κ3) is 5.55. The Morgan fingerprint density at radius 3 is 2.31 bits per heavy atom. The quantitative estimate of drug-likeness (QED) is 0.581. The molecule has 0 aromatic heterocycles. The van der Waals surface area contributed by atoms with Crippen molar-refractivity contribution in [3.8, 4) is 5.75 Å². The van der Waals surface area contributed by atoms with Gasteiger partial charge in [-0.1, -0.05) is 18.6 Å². The Bertz CT molecular complexity index is 925. The molecule has 0 bridgehead atoms. The average molecular weight is 421 g/mol. The molecule has 6 nitrogen and oxygen atoms in total. The highest BCUT2D eigenvalue weighted by Crippen LogP contribution is 2.29. The van der Waals surface area contributed by atoms with E-state index >= 15 is 0 Å². The van der Waals surface area contributed by atoms with Crippen molar-refractivity contribution in [3.63, 3.8) is 0 Å². The number of carbonyl (C=O) groups is 1. The van der Waals surface area contributed by atoms with Crippen molar-refractivity contribution in [2.24, 2.45) is 5.92 Å². The van der Waals surface area contributed by atoms with Crippen LogP contribution in [0.5, 0.6) is 5.75 Å². The summed E-state index contributed by atoms with van der Waals surface area (Å²) < 4.78 is 47.8. The summed E-state index contributed by atoms with van der Waals surface area (Å²) in [5, 5.41) is 0. The SMILES string of the molecule is COCCN(Cc1ccc(OS(=O)(=O)c2ccc(F)cc2)cc1)C(=O)C1CCC1. The normalized spacial score (nSPS) is 14.3. The minimum absolute atomic E-state index is 0.0929. The first-order chi connectivity index (χ1) is 13.9. The predicted octanol–water partition coefficient (Wildman–Crippen LogP) is 3.37. The number of rotatable bonds is 9. The average Bonchev–Trinajstić information content (AvgIpc) is 2.65. The molecule has 1 amide bonds. The third-order valence-electron chi connectivity index (χ3n) is 4.94. The second-order valence-electron chi connectivity index (χ2n) is 7.02. The lowest BCUT2D eigenvalue weighted by molar-refractivity contribution is -0.139. The topological polar surface area (TPSA) is 72.9 Å². The molecule has 2 aromatic carbocycles. The summed E-state index contributed by atoms with van der Waals surface area (Å²) in [4.78, 5) is 14.3. The van der Waals surface area contributed by atoms with Crippen LogP contribution in [0, 0.1) is 11.7 Å². The molecule has 0 saturated heterocycles. The van der Waals surface area contributed by atoms with Gasteiger partial charge in [-0.05, 0) is 54.8 Å². The first-order valence-corrected chi connectivity index (χ1v) is 10.9. The molecule has 156 valence electrons. The second-order valence-corrected chi connectivity index (χ2v) is 8.56. The number of hydrogen-bond acceptors (Lipinski definition) is 5. The molecule has 29 heavy (non-hydrogen) atoms. The van der Waals surface area contributed by atoms with Crippen LogP contribution in [0.15, 0.2) is 53.4 Å². The molecule has 1 aliphatic rings. The largest absolute Gasteiger partial charge is 0.383 e. The van der Waals surface area contributed by atoms with Gasteiger partial charge in [0, 0.05) is 26.1 Å². The van der Waals surface area contributed by atoms with E-state index in [1.807, 2.05) is 0 Å². The zero-order valence-corrected chi connectivity index (χ0v) is 17.0. The number of hydrogen-bond donors (Lipinski definition) is 0. The summed E-state index contributed by atoms with van der Waals surface area (Å²) in [7, 11) is -2.45. The molecule has 1 fully saturated rings. The van der Waals surface area contributed by atoms with Crippen LogP contribution in [-0.4, -0.2) is 39.5 Å². The van der Waals surface area contributed by atoms with E-state index in [-0.39, 0.29) is 22.5 Å². The van der Waals surface area contributed by atoms with Gasteiger partial charge in [0.1, 0.15) is 16.5 Å². The number of carbonyl (C=O) groups excluding carboxylic acids is 1. The first-order valence-electron chi connectivity index (χ1n) is 9.46. The van der Waals surface area contributed by atoms with E-state index in [9.17, 15) is 17.6 Å². The Balaban J connectivity index is 1.66. The van der Waals surface area contributed by atoms with E-state index in [1.54, 1.807) is 36.3 Å². The molecule has 1 aliphatic carbocycles. The first kappa shape index (κ1) is 21.3. The van der Waals surface area contributed by atoms with Crippen molar-refractivity contribution in [3.05, 3.63) is 59.9 Å². The van der Waals surface area contributed by atoms with Gasteiger partial charge in [-0.25, -0.2) is 4.39 Å². The lowest BCUT2D eigenvalue weighted by Gasteiger charge is -2.31. The number of methoxy groups -OCH3 is 1. The van der Waals surface area contributed by atoms with Crippen LogP contribution in [0.2, 0.25) is 0 Å². The van der Waals surface area contributed by atoms with Gasteiger partial charge in [0.2, 0.25) is 5.91 Å². The van der Waals surface area contributed by atoms with Gasteiger partial charge in [-0.2, -0.15) is 8.42 Å². The third-order valence-corrected chi connectivity index (χ3v) is 6.20. The molecule has 0 spiro atoms. The molecule has 0 radical (unpaired) electrons. The molecule has 0 atom stereocenters. The standard InChI is InChI=1S/C21H24FNO5S/c1-27-14-13-23(21(24)17-3-2-4-17)15-16-5-9-19(10-6-16)28-29(25,26)20-11-7-18(22)8-12-20/h5-12,17H,2-4,13-15H2,1H3. The minimum Gasteiger partial charge on any atom is -0.383 e. The van der Waals surface area contributed by atoms with Crippen LogP contribution in [0.1, 0.15) is 24.8 Å². The fraction of sp³-hybridized carbons (Fsp3) is 0.381. The Kier molecular flexibility index (Phi) is 6.87. The predicted molar refractivity (Wildman–Crippen MR) is 105 cm³/mol. The van der Waals surface area contributed by atoms with Gasteiger partial charge in [0.25, 0.3) is 0 Å². The maximum Gasteiger partial charge on any atom is 0.339 e. The summed E-state index contributed by atoms with van der Waals surface area (Å²) in [5.74, 6) is -0.155. The summed E-state index contributed by atoms with van der Waals surface area (Å²) in [6.45, 7) is 1.38. The smallest absolute Gasteiger partial charge is 0.339 e. The summed E-state index contributed by atoms with van der Waals surface area (Å²) in [6.07, 6.45) is 2.94. The van der Waals surface area contributed by atoms with Crippen molar-refractivity contribution in [2.45, 2.75) is 30.7 Å². The van der Waals surface area contributed by atoms with Gasteiger partial charge >= 0.3 is 10.1 Å². The van der Waals surface area contributed by atoms with Crippen molar-refractivity contribution in [1.29, 1.82) is 0 Å². The van der Waals surface area contributed by atoms with Gasteiger partial charge in [0.05, 0.1) is 6.61 Å². The summed E-state index contributed by atoms with van der Waals surface area (Å²) >= 11 is 0. The lowest BCUT2D eigenvalue weighted by Crippen LogP contribution is -2.40. The van der Waals surface area contributed by atoms with Crippen LogP contribution >= 0.6 is 0 Å². The number of amides is 1. The number of ether oxygens (including phenoxy) is 1. The van der Waals surface area contributed by atoms with E-state index < -0.39 is 15.9 Å². The number of benzene rings is 2. The van der Waals surface area contributed by atoms with Crippen molar-refractivity contribution < 1.29 is 26.5 Å². The van der Waals surface area contributed by atoms with Crippen LogP contribution in [0.3, 0.4) is 0 Å². The second kappa shape index (κ2) is 9.37. The van der Waals surface area contributed by atoms with E-state index in [4.69, 9.17) is 8.92 Å². The van der Waals surface area contributed by atoms with Gasteiger partial charge in [0.15, 0.2) is 0 Å². The van der Waals surface area contributed by atoms with E-state index in [0.29, 0.717) is 19.7 Å². The Morgan fingerprint density at radius 2 is 1.76 bits per heavy atom. The fourth-order valence-corrected chi connectivity index (χ4v) is 3.96. The molecular formula is C21H24FNO5S. The van der Waals surface area contributed by atoms with Crippen LogP contribution in [0.25, 0.3) is 0 Å². The molecule has 0 unspecified atom stereocenters. The zero-order chi connectivity index (χ0) is 20.9. The molecule has 2 aromatic rings. The molecular weight excluding hydrogens is 397 g/mol. The van der Waals surface area contributed by atoms with E-state index in [1.165, 1.54) is 0 Å². The fourth-order valence-electron chi connectivity index (χ4n) is 3.03. The van der Waals surface area contributed by atoms with Crippen LogP contribution < -0.4 is 4.18 Å².